The summed E-state index contributed by atoms with van der Waals surface area (Å²) in [6.45, 7) is 7.72. The van der Waals surface area contributed by atoms with Crippen LogP contribution in [-0.4, -0.2) is 49.5 Å². The van der Waals surface area contributed by atoms with Crippen LogP contribution < -0.4 is 9.62 Å². The van der Waals surface area contributed by atoms with E-state index in [4.69, 9.17) is 23.2 Å². The van der Waals surface area contributed by atoms with E-state index >= 15 is 0 Å². The van der Waals surface area contributed by atoms with E-state index in [9.17, 15) is 18.0 Å². The van der Waals surface area contributed by atoms with Gasteiger partial charge in [0, 0.05) is 41.5 Å². The van der Waals surface area contributed by atoms with Gasteiger partial charge in [-0.3, -0.25) is 13.9 Å². The molecule has 1 N–H and O–H groups in total. The van der Waals surface area contributed by atoms with Gasteiger partial charge in [0.25, 0.3) is 0 Å². The van der Waals surface area contributed by atoms with Crippen LogP contribution in [0.2, 0.25) is 10.0 Å². The Kier molecular flexibility index (Phi) is 11.5. The van der Waals surface area contributed by atoms with E-state index < -0.39 is 21.6 Å². The summed E-state index contributed by atoms with van der Waals surface area (Å²) in [5.74, 6) is -0.521. The molecule has 0 aromatic heterocycles. The smallest absolute Gasteiger partial charge is 0.243 e. The number of rotatable bonds is 12. The zero-order valence-electron chi connectivity index (χ0n) is 24.7. The number of halogens is 2. The quantitative estimate of drug-likeness (QED) is 0.250. The van der Waals surface area contributed by atoms with Crippen molar-refractivity contribution in [2.45, 2.75) is 65.1 Å². The second-order valence-electron chi connectivity index (χ2n) is 11.4. The van der Waals surface area contributed by atoms with Crippen LogP contribution >= 0.6 is 23.2 Å². The van der Waals surface area contributed by atoms with E-state index in [-0.39, 0.29) is 37.7 Å². The second-order valence-corrected chi connectivity index (χ2v) is 14.2. The number of benzene rings is 3. The molecule has 10 heteroatoms. The lowest BCUT2D eigenvalue weighted by atomic mass is 10.00. The number of nitrogens with zero attached hydrogens (tertiary/aromatic N) is 2. The third-order valence-corrected chi connectivity index (χ3v) is 8.54. The first-order valence-electron chi connectivity index (χ1n) is 13.8. The number of amides is 2. The fourth-order valence-electron chi connectivity index (χ4n) is 4.64. The topological polar surface area (TPSA) is 86.8 Å². The van der Waals surface area contributed by atoms with Crippen molar-refractivity contribution < 1.29 is 18.0 Å². The van der Waals surface area contributed by atoms with Gasteiger partial charge in [-0.25, -0.2) is 8.42 Å². The third kappa shape index (κ3) is 9.75. The highest BCUT2D eigenvalue weighted by atomic mass is 35.5. The molecule has 0 spiro atoms. The minimum atomic E-state index is -3.65. The van der Waals surface area contributed by atoms with Gasteiger partial charge in [-0.05, 0) is 75.1 Å². The molecule has 2 amide bonds. The number of nitrogens with one attached hydrogen (secondary N) is 1. The predicted molar refractivity (Wildman–Crippen MR) is 171 cm³/mol. The van der Waals surface area contributed by atoms with Crippen LogP contribution in [0.4, 0.5) is 5.69 Å². The highest BCUT2D eigenvalue weighted by Crippen LogP contribution is 2.28. The minimum Gasteiger partial charge on any atom is -0.350 e. The summed E-state index contributed by atoms with van der Waals surface area (Å²) in [4.78, 5) is 29.2. The first kappa shape index (κ1) is 33.4. The van der Waals surface area contributed by atoms with Crippen LogP contribution in [-0.2, 0) is 32.6 Å². The Balaban J connectivity index is 1.92. The fourth-order valence-corrected chi connectivity index (χ4v) is 5.95. The van der Waals surface area contributed by atoms with Crippen LogP contribution in [0.15, 0.2) is 72.8 Å². The molecule has 3 aromatic rings. The Morgan fingerprint density at radius 2 is 1.55 bits per heavy atom. The van der Waals surface area contributed by atoms with Crippen molar-refractivity contribution in [2.75, 3.05) is 17.1 Å². The lowest BCUT2D eigenvalue weighted by Gasteiger charge is -2.34. The first-order chi connectivity index (χ1) is 19.7. The lowest BCUT2D eigenvalue weighted by Crippen LogP contribution is -2.54. The normalized spacial score (nSPS) is 12.5. The molecule has 1 atom stereocenters. The Morgan fingerprint density at radius 1 is 0.905 bits per heavy atom. The Bertz CT molecular complexity index is 1470. The summed E-state index contributed by atoms with van der Waals surface area (Å²) in [5, 5.41) is 4.07. The standard InChI is InChI=1S/C32H39Cl2N3O4S/c1-23-27(34)13-9-14-28(23)37(42(5,40)41)20-10-15-30(38)36(22-25-16-18-26(33)19-17-25)29(31(39)35-32(2,3)4)21-24-11-7-6-8-12-24/h6-9,11-14,16-19,29H,10,15,20-22H2,1-5H3,(H,35,39). The largest absolute Gasteiger partial charge is 0.350 e. The first-order valence-corrected chi connectivity index (χ1v) is 16.4. The molecular formula is C32H39Cl2N3O4S. The van der Waals surface area contributed by atoms with Gasteiger partial charge in [0.05, 0.1) is 11.9 Å². The van der Waals surface area contributed by atoms with E-state index in [1.54, 1.807) is 42.2 Å². The molecule has 0 saturated heterocycles. The molecule has 42 heavy (non-hydrogen) atoms. The highest BCUT2D eigenvalue weighted by Gasteiger charge is 2.32. The summed E-state index contributed by atoms with van der Waals surface area (Å²) >= 11 is 12.4. The number of carbonyl (C=O) groups is 2. The van der Waals surface area contributed by atoms with Gasteiger partial charge >= 0.3 is 0 Å². The van der Waals surface area contributed by atoms with Crippen LogP contribution in [0.1, 0.15) is 50.3 Å². The van der Waals surface area contributed by atoms with Gasteiger partial charge in [0.2, 0.25) is 21.8 Å². The number of sulfonamides is 1. The molecule has 1 unspecified atom stereocenters. The Morgan fingerprint density at radius 3 is 2.14 bits per heavy atom. The molecule has 0 aliphatic carbocycles. The zero-order valence-corrected chi connectivity index (χ0v) is 27.1. The Hall–Kier alpha value is -3.07. The van der Waals surface area contributed by atoms with Crippen molar-refractivity contribution in [3.63, 3.8) is 0 Å². The summed E-state index contributed by atoms with van der Waals surface area (Å²) in [6.07, 6.45) is 1.73. The van der Waals surface area contributed by atoms with E-state index in [1.807, 2.05) is 63.2 Å². The van der Waals surface area contributed by atoms with Gasteiger partial charge in [-0.2, -0.15) is 0 Å². The average Bonchev–Trinajstić information content (AvgIpc) is 2.90. The summed E-state index contributed by atoms with van der Waals surface area (Å²) < 4.78 is 26.7. The third-order valence-electron chi connectivity index (χ3n) is 6.70. The maximum Gasteiger partial charge on any atom is 0.243 e. The molecule has 226 valence electrons. The molecule has 0 saturated carbocycles. The zero-order chi connectivity index (χ0) is 31.1. The monoisotopic (exact) mass is 631 g/mol. The van der Waals surface area contributed by atoms with Crippen LogP contribution in [0.25, 0.3) is 0 Å². The summed E-state index contributed by atoms with van der Waals surface area (Å²) in [6, 6.07) is 21.0. The van der Waals surface area contributed by atoms with E-state index in [2.05, 4.69) is 5.32 Å². The van der Waals surface area contributed by atoms with Gasteiger partial charge in [0.1, 0.15) is 6.04 Å². The lowest BCUT2D eigenvalue weighted by molar-refractivity contribution is -0.142. The molecular weight excluding hydrogens is 593 g/mol. The van der Waals surface area contributed by atoms with Gasteiger partial charge < -0.3 is 10.2 Å². The summed E-state index contributed by atoms with van der Waals surface area (Å²) in [5.41, 5.74) is 2.34. The molecule has 0 aliphatic heterocycles. The van der Waals surface area contributed by atoms with E-state index in [0.717, 1.165) is 17.4 Å². The molecule has 3 aromatic carbocycles. The molecule has 7 nitrogen and oxygen atoms in total. The predicted octanol–water partition coefficient (Wildman–Crippen LogP) is 6.40. The molecule has 0 bridgehead atoms. The van der Waals surface area contributed by atoms with Crippen LogP contribution in [0.3, 0.4) is 0 Å². The number of carbonyl (C=O) groups excluding carboxylic acids is 2. The number of anilines is 1. The van der Waals surface area contributed by atoms with Crippen molar-refractivity contribution in [1.82, 2.24) is 10.2 Å². The van der Waals surface area contributed by atoms with Gasteiger partial charge in [-0.15, -0.1) is 0 Å². The molecule has 0 heterocycles. The number of hydrogen-bond donors (Lipinski definition) is 1. The average molecular weight is 633 g/mol. The van der Waals surface area contributed by atoms with Gasteiger partial charge in [-0.1, -0.05) is 71.7 Å². The fraction of sp³-hybridized carbons (Fsp3) is 0.375. The van der Waals surface area contributed by atoms with E-state index in [0.29, 0.717) is 27.7 Å². The molecule has 0 aliphatic rings. The minimum absolute atomic E-state index is 0.0350. The van der Waals surface area contributed by atoms with Crippen LogP contribution in [0.5, 0.6) is 0 Å². The van der Waals surface area contributed by atoms with E-state index in [1.165, 1.54) is 4.31 Å². The van der Waals surface area contributed by atoms with Crippen LogP contribution in [0, 0.1) is 6.92 Å². The van der Waals surface area contributed by atoms with Crippen molar-refractivity contribution in [3.05, 3.63) is 99.5 Å². The maximum atomic E-state index is 13.9. The number of hydrogen-bond acceptors (Lipinski definition) is 4. The van der Waals surface area contributed by atoms with Gasteiger partial charge in [0.15, 0.2) is 0 Å². The SMILES string of the molecule is Cc1c(Cl)cccc1N(CCCC(=O)N(Cc1ccc(Cl)cc1)C(Cc1ccccc1)C(=O)NC(C)(C)C)S(C)(=O)=O. The van der Waals surface area contributed by atoms with Crippen molar-refractivity contribution in [2.24, 2.45) is 0 Å². The van der Waals surface area contributed by atoms with Crippen molar-refractivity contribution in [1.29, 1.82) is 0 Å². The van der Waals surface area contributed by atoms with Crippen molar-refractivity contribution >= 4 is 50.7 Å². The molecule has 0 radical (unpaired) electrons. The highest BCUT2D eigenvalue weighted by molar-refractivity contribution is 7.92. The molecule has 3 rings (SSSR count). The Labute approximate surface area is 259 Å². The summed E-state index contributed by atoms with van der Waals surface area (Å²) in [7, 11) is -3.65. The molecule has 0 fully saturated rings. The second kappa shape index (κ2) is 14.4. The van der Waals surface area contributed by atoms with Crippen molar-refractivity contribution in [3.8, 4) is 0 Å². The maximum absolute atomic E-state index is 13.9.